The molecular weight excluding hydrogens is 238 g/mol. The second-order valence-corrected chi connectivity index (χ2v) is 3.56. The number of nitrogens with one attached hydrogen (secondary N) is 1. The van der Waals surface area contributed by atoms with E-state index in [-0.39, 0.29) is 18.2 Å². The van der Waals surface area contributed by atoms with Crippen molar-refractivity contribution in [3.63, 3.8) is 0 Å². The van der Waals surface area contributed by atoms with Crippen LogP contribution in [0.3, 0.4) is 0 Å². The topological polar surface area (TPSA) is 107 Å². The molecule has 18 heavy (non-hydrogen) atoms. The van der Waals surface area contributed by atoms with Crippen molar-refractivity contribution in [3.8, 4) is 0 Å². The van der Waals surface area contributed by atoms with Crippen LogP contribution in [-0.4, -0.2) is 30.7 Å². The maximum atomic E-state index is 11.5. The molecule has 2 amide bonds. The number of nitrogens with zero attached hydrogens (tertiary/aromatic N) is 1. The first-order valence-corrected chi connectivity index (χ1v) is 5.10. The second-order valence-electron chi connectivity index (χ2n) is 3.56. The molecule has 0 aliphatic carbocycles. The number of carbonyl (C=O) groups is 2. The number of ether oxygens (including phenoxy) is 1. The molecule has 0 unspecified atom stereocenters. The fraction of sp³-hybridized carbons (Fsp3) is 0.182. The minimum Gasteiger partial charge on any atom is -0.375 e. The van der Waals surface area contributed by atoms with E-state index in [1.165, 1.54) is 7.11 Å². The van der Waals surface area contributed by atoms with Crippen LogP contribution >= 0.6 is 0 Å². The summed E-state index contributed by atoms with van der Waals surface area (Å²) in [6, 6.07) is 4.92. The minimum absolute atomic E-state index is 0.0154. The maximum absolute atomic E-state index is 11.5. The standard InChI is InChI=1S/C11H11N3O4/c1-17-5-8(15)13-6-3-2-4-7-9(6)10(11(12)16)14-18-7/h2-4H,5H2,1H3,(H2,12,16)(H,13,15). The zero-order valence-corrected chi connectivity index (χ0v) is 9.60. The van der Waals surface area contributed by atoms with Gasteiger partial charge < -0.3 is 20.3 Å². The molecule has 0 bridgehead atoms. The summed E-state index contributed by atoms with van der Waals surface area (Å²) in [6.45, 7) is -0.0897. The van der Waals surface area contributed by atoms with E-state index < -0.39 is 5.91 Å². The number of primary amides is 1. The average Bonchev–Trinajstić information content (AvgIpc) is 2.74. The summed E-state index contributed by atoms with van der Waals surface area (Å²) in [5.41, 5.74) is 5.95. The van der Waals surface area contributed by atoms with E-state index in [0.717, 1.165) is 0 Å². The Hall–Kier alpha value is -2.41. The third-order valence-corrected chi connectivity index (χ3v) is 2.28. The van der Waals surface area contributed by atoms with Crippen LogP contribution in [0.2, 0.25) is 0 Å². The second kappa shape index (κ2) is 4.84. The molecule has 0 radical (unpaired) electrons. The van der Waals surface area contributed by atoms with Crippen LogP contribution in [0.25, 0.3) is 11.0 Å². The van der Waals surface area contributed by atoms with Gasteiger partial charge in [-0.1, -0.05) is 11.2 Å². The first-order valence-electron chi connectivity index (χ1n) is 5.10. The molecule has 0 fully saturated rings. The Labute approximate surface area is 102 Å². The Kier molecular flexibility index (Phi) is 3.24. The molecule has 0 spiro atoms. The molecule has 3 N–H and O–H groups in total. The van der Waals surface area contributed by atoms with Crippen molar-refractivity contribution in [2.75, 3.05) is 19.0 Å². The molecular formula is C11H11N3O4. The molecule has 2 aromatic rings. The van der Waals surface area contributed by atoms with E-state index in [4.69, 9.17) is 15.0 Å². The Balaban J connectivity index is 2.46. The number of fused-ring (bicyclic) bond motifs is 1. The number of rotatable bonds is 4. The molecule has 0 aliphatic heterocycles. The van der Waals surface area contributed by atoms with Gasteiger partial charge in [-0.2, -0.15) is 0 Å². The average molecular weight is 249 g/mol. The van der Waals surface area contributed by atoms with Crippen LogP contribution in [0.4, 0.5) is 5.69 Å². The lowest BCUT2D eigenvalue weighted by atomic mass is 10.1. The molecule has 1 heterocycles. The Bertz CT molecular complexity index is 605. The highest BCUT2D eigenvalue weighted by atomic mass is 16.5. The van der Waals surface area contributed by atoms with Crippen molar-refractivity contribution < 1.29 is 18.8 Å². The van der Waals surface area contributed by atoms with Gasteiger partial charge in [-0.15, -0.1) is 0 Å². The van der Waals surface area contributed by atoms with E-state index in [1.807, 2.05) is 0 Å². The fourth-order valence-corrected chi connectivity index (χ4v) is 1.58. The SMILES string of the molecule is COCC(=O)Nc1cccc2onc(C(N)=O)c12. The van der Waals surface area contributed by atoms with Gasteiger partial charge in [0.05, 0.1) is 11.1 Å². The summed E-state index contributed by atoms with van der Waals surface area (Å²) in [5, 5.41) is 6.56. The van der Waals surface area contributed by atoms with Crippen LogP contribution in [0.1, 0.15) is 10.5 Å². The Morgan fingerprint density at radius 1 is 1.50 bits per heavy atom. The van der Waals surface area contributed by atoms with Crippen LogP contribution in [-0.2, 0) is 9.53 Å². The number of carbonyl (C=O) groups excluding carboxylic acids is 2. The van der Waals surface area contributed by atoms with Crippen molar-refractivity contribution in [1.29, 1.82) is 0 Å². The zero-order chi connectivity index (χ0) is 13.1. The van der Waals surface area contributed by atoms with Gasteiger partial charge in [0, 0.05) is 7.11 Å². The van der Waals surface area contributed by atoms with Crippen molar-refractivity contribution in [2.45, 2.75) is 0 Å². The molecule has 0 atom stereocenters. The molecule has 0 saturated carbocycles. The highest BCUT2D eigenvalue weighted by Gasteiger charge is 2.17. The molecule has 7 heteroatoms. The molecule has 0 saturated heterocycles. The van der Waals surface area contributed by atoms with E-state index in [1.54, 1.807) is 18.2 Å². The normalized spacial score (nSPS) is 10.5. The van der Waals surface area contributed by atoms with Gasteiger partial charge in [0.2, 0.25) is 5.91 Å². The number of hydrogen-bond donors (Lipinski definition) is 2. The fourth-order valence-electron chi connectivity index (χ4n) is 1.58. The van der Waals surface area contributed by atoms with Gasteiger partial charge in [-0.05, 0) is 12.1 Å². The van der Waals surface area contributed by atoms with Gasteiger partial charge in [0.25, 0.3) is 5.91 Å². The van der Waals surface area contributed by atoms with E-state index in [2.05, 4.69) is 10.5 Å². The van der Waals surface area contributed by atoms with E-state index in [0.29, 0.717) is 16.7 Å². The van der Waals surface area contributed by atoms with Gasteiger partial charge >= 0.3 is 0 Å². The van der Waals surface area contributed by atoms with Crippen molar-refractivity contribution in [3.05, 3.63) is 23.9 Å². The van der Waals surface area contributed by atoms with E-state index in [9.17, 15) is 9.59 Å². The number of amides is 2. The number of hydrogen-bond acceptors (Lipinski definition) is 5. The summed E-state index contributed by atoms with van der Waals surface area (Å²) in [7, 11) is 1.41. The first-order chi connectivity index (χ1) is 8.63. The third-order valence-electron chi connectivity index (χ3n) is 2.28. The van der Waals surface area contributed by atoms with Gasteiger partial charge in [0.1, 0.15) is 6.61 Å². The number of aromatic nitrogens is 1. The molecule has 94 valence electrons. The van der Waals surface area contributed by atoms with Gasteiger partial charge in [0.15, 0.2) is 11.3 Å². The predicted octanol–water partition coefficient (Wildman–Crippen LogP) is 0.512. The van der Waals surface area contributed by atoms with Crippen molar-refractivity contribution in [2.24, 2.45) is 5.73 Å². The van der Waals surface area contributed by atoms with Crippen molar-refractivity contribution >= 4 is 28.5 Å². The number of anilines is 1. The third kappa shape index (κ3) is 2.16. The lowest BCUT2D eigenvalue weighted by Gasteiger charge is -2.05. The number of methoxy groups -OCH3 is 1. The lowest BCUT2D eigenvalue weighted by Crippen LogP contribution is -2.18. The Morgan fingerprint density at radius 3 is 2.94 bits per heavy atom. The maximum Gasteiger partial charge on any atom is 0.271 e. The van der Waals surface area contributed by atoms with Gasteiger partial charge in [-0.3, -0.25) is 9.59 Å². The Morgan fingerprint density at radius 2 is 2.28 bits per heavy atom. The summed E-state index contributed by atoms with van der Waals surface area (Å²) in [6.07, 6.45) is 0. The predicted molar refractivity (Wildman–Crippen MR) is 63.0 cm³/mol. The molecule has 1 aromatic heterocycles. The van der Waals surface area contributed by atoms with Crippen molar-refractivity contribution in [1.82, 2.24) is 5.16 Å². The largest absolute Gasteiger partial charge is 0.375 e. The monoisotopic (exact) mass is 249 g/mol. The number of nitrogens with two attached hydrogens (primary N) is 1. The number of benzene rings is 1. The molecule has 0 aliphatic rings. The highest BCUT2D eigenvalue weighted by molar-refractivity contribution is 6.10. The lowest BCUT2D eigenvalue weighted by molar-refractivity contribution is -0.119. The van der Waals surface area contributed by atoms with Crippen LogP contribution in [0.15, 0.2) is 22.7 Å². The summed E-state index contributed by atoms with van der Waals surface area (Å²) in [4.78, 5) is 22.7. The van der Waals surface area contributed by atoms with E-state index >= 15 is 0 Å². The smallest absolute Gasteiger partial charge is 0.271 e. The molecule has 7 nitrogen and oxygen atoms in total. The first kappa shape index (κ1) is 12.1. The quantitative estimate of drug-likeness (QED) is 0.820. The molecule has 1 aromatic carbocycles. The summed E-state index contributed by atoms with van der Waals surface area (Å²) >= 11 is 0. The van der Waals surface area contributed by atoms with Crippen LogP contribution in [0, 0.1) is 0 Å². The zero-order valence-electron chi connectivity index (χ0n) is 9.60. The molecule has 2 rings (SSSR count). The summed E-state index contributed by atoms with van der Waals surface area (Å²) in [5.74, 6) is -1.07. The van der Waals surface area contributed by atoms with Crippen LogP contribution < -0.4 is 11.1 Å². The van der Waals surface area contributed by atoms with Crippen LogP contribution in [0.5, 0.6) is 0 Å². The summed E-state index contributed by atoms with van der Waals surface area (Å²) < 4.78 is 9.66. The van der Waals surface area contributed by atoms with Gasteiger partial charge in [-0.25, -0.2) is 0 Å². The highest BCUT2D eigenvalue weighted by Crippen LogP contribution is 2.26. The minimum atomic E-state index is -0.720.